The van der Waals surface area contributed by atoms with Crippen LogP contribution in [0.25, 0.3) is 11.6 Å². The quantitative estimate of drug-likeness (QED) is 0.448. The molecule has 1 aromatic carbocycles. The molecule has 180 valence electrons. The number of methoxy groups -OCH3 is 1. The lowest BCUT2D eigenvalue weighted by Crippen LogP contribution is -2.35. The van der Waals surface area contributed by atoms with Crippen molar-refractivity contribution in [3.8, 4) is 11.6 Å². The molecule has 34 heavy (non-hydrogen) atoms. The summed E-state index contributed by atoms with van der Waals surface area (Å²) in [5, 5.41) is 0. The molecule has 0 aliphatic carbocycles. The zero-order chi connectivity index (χ0) is 24.3. The zero-order valence-corrected chi connectivity index (χ0v) is 20.2. The molecular formula is C23H27FN6O3S. The average molecular weight is 487 g/mol. The second-order valence-electron chi connectivity index (χ2n) is 8.11. The van der Waals surface area contributed by atoms with Gasteiger partial charge < -0.3 is 9.64 Å². The van der Waals surface area contributed by atoms with Gasteiger partial charge in [0.05, 0.1) is 16.6 Å². The van der Waals surface area contributed by atoms with Gasteiger partial charge in [0.15, 0.2) is 11.6 Å². The number of sulfonamides is 1. The first-order valence-corrected chi connectivity index (χ1v) is 12.4. The molecule has 4 rings (SSSR count). The maximum atomic E-state index is 14.6. The summed E-state index contributed by atoms with van der Waals surface area (Å²) in [6.45, 7) is 3.24. The standard InChI is InChI=1S/C23H27FN6O3S/c1-16-20-15-27-23(22-25-7-4-8-26-22)28-21(20)6-10-30(16)18-12-17(24)13-19(14-18)34(31,32)29(2)9-5-11-33-3/h4,7-8,12-16H,5-6,9-11H2,1-3H3. The minimum Gasteiger partial charge on any atom is -0.385 e. The van der Waals surface area contributed by atoms with E-state index in [9.17, 15) is 12.8 Å². The predicted molar refractivity (Wildman–Crippen MR) is 125 cm³/mol. The van der Waals surface area contributed by atoms with E-state index in [0.29, 0.717) is 43.3 Å². The molecule has 0 saturated carbocycles. The first kappa shape index (κ1) is 24.1. The van der Waals surface area contributed by atoms with Crippen molar-refractivity contribution in [3.05, 3.63) is 59.9 Å². The Morgan fingerprint density at radius 1 is 1.18 bits per heavy atom. The summed E-state index contributed by atoms with van der Waals surface area (Å²) in [5.41, 5.74) is 2.28. The Morgan fingerprint density at radius 2 is 1.94 bits per heavy atom. The molecule has 0 spiro atoms. The molecule has 2 aromatic heterocycles. The van der Waals surface area contributed by atoms with Crippen LogP contribution < -0.4 is 4.90 Å². The van der Waals surface area contributed by atoms with Crippen LogP contribution in [0.4, 0.5) is 10.1 Å². The van der Waals surface area contributed by atoms with Crippen LogP contribution >= 0.6 is 0 Å². The summed E-state index contributed by atoms with van der Waals surface area (Å²) in [7, 11) is -0.796. The van der Waals surface area contributed by atoms with Gasteiger partial charge in [-0.3, -0.25) is 0 Å². The van der Waals surface area contributed by atoms with Gasteiger partial charge in [0.25, 0.3) is 0 Å². The maximum absolute atomic E-state index is 14.6. The lowest BCUT2D eigenvalue weighted by molar-refractivity contribution is 0.189. The van der Waals surface area contributed by atoms with Crippen LogP contribution in [0.3, 0.4) is 0 Å². The first-order chi connectivity index (χ1) is 16.3. The smallest absolute Gasteiger partial charge is 0.242 e. The summed E-state index contributed by atoms with van der Waals surface area (Å²) in [6.07, 6.45) is 6.16. The highest BCUT2D eigenvalue weighted by Crippen LogP contribution is 2.34. The van der Waals surface area contributed by atoms with E-state index in [2.05, 4.69) is 19.9 Å². The molecule has 11 heteroatoms. The predicted octanol–water partition coefficient (Wildman–Crippen LogP) is 2.85. The van der Waals surface area contributed by atoms with Crippen LogP contribution in [0.2, 0.25) is 0 Å². The molecule has 3 heterocycles. The lowest BCUT2D eigenvalue weighted by Gasteiger charge is -2.36. The largest absolute Gasteiger partial charge is 0.385 e. The van der Waals surface area contributed by atoms with Gasteiger partial charge in [0.1, 0.15) is 5.82 Å². The van der Waals surface area contributed by atoms with E-state index >= 15 is 0 Å². The summed E-state index contributed by atoms with van der Waals surface area (Å²) < 4.78 is 46.9. The Bertz CT molecular complexity index is 1260. The second-order valence-corrected chi connectivity index (χ2v) is 10.2. The molecule has 9 nitrogen and oxygen atoms in total. The van der Waals surface area contributed by atoms with Gasteiger partial charge in [-0.1, -0.05) is 0 Å². The highest BCUT2D eigenvalue weighted by molar-refractivity contribution is 7.89. The van der Waals surface area contributed by atoms with Crippen LogP contribution in [0, 0.1) is 5.82 Å². The number of aromatic nitrogens is 4. The monoisotopic (exact) mass is 486 g/mol. The topological polar surface area (TPSA) is 101 Å². The van der Waals surface area contributed by atoms with Crippen LogP contribution in [0.1, 0.15) is 30.6 Å². The Hall–Kier alpha value is -3.02. The van der Waals surface area contributed by atoms with E-state index in [1.807, 2.05) is 11.8 Å². The highest BCUT2D eigenvalue weighted by Gasteiger charge is 2.29. The molecule has 3 aromatic rings. The maximum Gasteiger partial charge on any atom is 0.242 e. The van der Waals surface area contributed by atoms with E-state index in [1.165, 1.54) is 23.5 Å². The molecule has 0 amide bonds. The summed E-state index contributed by atoms with van der Waals surface area (Å²) in [4.78, 5) is 19.4. The molecule has 0 bridgehead atoms. The third kappa shape index (κ3) is 4.91. The first-order valence-electron chi connectivity index (χ1n) is 11.0. The van der Waals surface area contributed by atoms with Crippen molar-refractivity contribution in [2.45, 2.75) is 30.7 Å². The molecule has 1 atom stereocenters. The van der Waals surface area contributed by atoms with Crippen LogP contribution in [0.15, 0.2) is 47.8 Å². The Morgan fingerprint density at radius 3 is 2.68 bits per heavy atom. The Labute approximate surface area is 198 Å². The van der Waals surface area contributed by atoms with Crippen molar-refractivity contribution in [1.82, 2.24) is 24.2 Å². The SMILES string of the molecule is COCCCN(C)S(=O)(=O)c1cc(F)cc(N2CCc3nc(-c4ncccn4)ncc3C2C)c1. The molecule has 0 N–H and O–H groups in total. The van der Waals surface area contributed by atoms with Crippen molar-refractivity contribution in [2.75, 3.05) is 38.8 Å². The van der Waals surface area contributed by atoms with Crippen molar-refractivity contribution in [3.63, 3.8) is 0 Å². The van der Waals surface area contributed by atoms with Crippen molar-refractivity contribution in [2.24, 2.45) is 0 Å². The van der Waals surface area contributed by atoms with E-state index in [4.69, 9.17) is 4.74 Å². The fourth-order valence-corrected chi connectivity index (χ4v) is 5.29. The number of ether oxygens (including phenoxy) is 1. The summed E-state index contributed by atoms with van der Waals surface area (Å²) >= 11 is 0. The Balaban J connectivity index is 1.61. The number of nitrogens with zero attached hydrogens (tertiary/aromatic N) is 6. The van der Waals surface area contributed by atoms with Crippen LogP contribution in [0.5, 0.6) is 0 Å². The molecular weight excluding hydrogens is 459 g/mol. The fraction of sp³-hybridized carbons (Fsp3) is 0.391. The molecule has 1 aliphatic heterocycles. The van der Waals surface area contributed by atoms with Gasteiger partial charge >= 0.3 is 0 Å². The highest BCUT2D eigenvalue weighted by atomic mass is 32.2. The minimum atomic E-state index is -3.84. The van der Waals surface area contributed by atoms with E-state index in [1.54, 1.807) is 31.8 Å². The summed E-state index contributed by atoms with van der Waals surface area (Å²) in [5.74, 6) is 0.304. The third-order valence-corrected chi connectivity index (χ3v) is 7.72. The van der Waals surface area contributed by atoms with Gasteiger partial charge in [-0.25, -0.2) is 37.0 Å². The van der Waals surface area contributed by atoms with Gasteiger partial charge in [-0.05, 0) is 37.6 Å². The minimum absolute atomic E-state index is 0.0757. The van der Waals surface area contributed by atoms with Crippen molar-refractivity contribution >= 4 is 15.7 Å². The second kappa shape index (κ2) is 10.1. The van der Waals surface area contributed by atoms with Gasteiger partial charge in [-0.15, -0.1) is 0 Å². The number of halogens is 1. The molecule has 0 saturated heterocycles. The summed E-state index contributed by atoms with van der Waals surface area (Å²) in [6, 6.07) is 5.50. The van der Waals surface area contributed by atoms with Gasteiger partial charge in [-0.2, -0.15) is 0 Å². The number of anilines is 1. The van der Waals surface area contributed by atoms with Crippen LogP contribution in [-0.2, 0) is 21.2 Å². The number of fused-ring (bicyclic) bond motifs is 1. The van der Waals surface area contributed by atoms with E-state index in [0.717, 1.165) is 17.3 Å². The third-order valence-electron chi connectivity index (χ3n) is 5.89. The molecule has 1 aliphatic rings. The number of rotatable bonds is 8. The number of hydrogen-bond donors (Lipinski definition) is 0. The lowest BCUT2D eigenvalue weighted by atomic mass is 9.98. The average Bonchev–Trinajstić information content (AvgIpc) is 2.84. The van der Waals surface area contributed by atoms with E-state index < -0.39 is 15.8 Å². The normalized spacial score (nSPS) is 16.0. The Kier molecular flexibility index (Phi) is 7.15. The molecule has 0 fully saturated rings. The van der Waals surface area contributed by atoms with Gasteiger partial charge in [0, 0.05) is 70.1 Å². The van der Waals surface area contributed by atoms with Gasteiger partial charge in [0.2, 0.25) is 10.0 Å². The fourth-order valence-electron chi connectivity index (χ4n) is 4.03. The molecule has 1 unspecified atom stereocenters. The number of benzene rings is 1. The van der Waals surface area contributed by atoms with Crippen LogP contribution in [-0.4, -0.2) is 66.5 Å². The zero-order valence-electron chi connectivity index (χ0n) is 19.3. The van der Waals surface area contributed by atoms with Crippen molar-refractivity contribution < 1.29 is 17.5 Å². The van der Waals surface area contributed by atoms with E-state index in [-0.39, 0.29) is 17.5 Å². The number of hydrogen-bond acceptors (Lipinski definition) is 8. The van der Waals surface area contributed by atoms with Crippen molar-refractivity contribution in [1.29, 1.82) is 0 Å². The molecule has 0 radical (unpaired) electrons.